The van der Waals surface area contributed by atoms with E-state index in [1.807, 2.05) is 18.3 Å². The lowest BCUT2D eigenvalue weighted by molar-refractivity contribution is -0.0735. The highest BCUT2D eigenvalue weighted by atomic mass is 16.5. The molecule has 3 heterocycles. The number of hydrogen-bond acceptors (Lipinski definition) is 4. The lowest BCUT2D eigenvalue weighted by Crippen LogP contribution is -2.46. The number of nitrogens with zero attached hydrogens (tertiary/aromatic N) is 2. The fourth-order valence-electron chi connectivity index (χ4n) is 3.84. The van der Waals surface area contributed by atoms with Gasteiger partial charge in [-0.3, -0.25) is 0 Å². The summed E-state index contributed by atoms with van der Waals surface area (Å²) < 4.78 is 6.22. The Morgan fingerprint density at radius 1 is 1.33 bits per heavy atom. The first-order chi connectivity index (χ1) is 10.3. The summed E-state index contributed by atoms with van der Waals surface area (Å²) in [6, 6.07) is 6.55. The molecule has 1 N–H and O–H groups in total. The SMILES string of the molecule is c1ccc(N[C@@H]2CCO[C@@]3(CCN(CC4CC4)C3)C2)nc1. The van der Waals surface area contributed by atoms with Crippen LogP contribution in [0.15, 0.2) is 24.4 Å². The molecule has 2 atom stereocenters. The minimum Gasteiger partial charge on any atom is -0.373 e. The van der Waals surface area contributed by atoms with E-state index in [4.69, 9.17) is 4.74 Å². The van der Waals surface area contributed by atoms with Gasteiger partial charge >= 0.3 is 0 Å². The Bertz CT molecular complexity index is 476. The Balaban J connectivity index is 1.36. The van der Waals surface area contributed by atoms with Gasteiger partial charge in [0.05, 0.1) is 5.60 Å². The van der Waals surface area contributed by atoms with E-state index in [1.54, 1.807) is 0 Å². The zero-order valence-electron chi connectivity index (χ0n) is 12.6. The summed E-state index contributed by atoms with van der Waals surface area (Å²) >= 11 is 0. The molecule has 4 rings (SSSR count). The molecule has 0 radical (unpaired) electrons. The molecule has 0 amide bonds. The molecule has 1 saturated carbocycles. The molecule has 2 aliphatic heterocycles. The number of pyridine rings is 1. The van der Waals surface area contributed by atoms with Crippen molar-refractivity contribution in [2.45, 2.75) is 43.7 Å². The summed E-state index contributed by atoms with van der Waals surface area (Å²) in [5, 5.41) is 3.59. The molecule has 1 spiro atoms. The fourth-order valence-corrected chi connectivity index (χ4v) is 3.84. The van der Waals surface area contributed by atoms with Gasteiger partial charge in [-0.25, -0.2) is 4.98 Å². The lowest BCUT2D eigenvalue weighted by Gasteiger charge is -2.38. The molecule has 4 nitrogen and oxygen atoms in total. The fraction of sp³-hybridized carbons (Fsp3) is 0.706. The van der Waals surface area contributed by atoms with E-state index in [0.29, 0.717) is 6.04 Å². The Morgan fingerprint density at radius 3 is 3.10 bits per heavy atom. The van der Waals surface area contributed by atoms with Crippen LogP contribution in [0.25, 0.3) is 0 Å². The average molecular weight is 287 g/mol. The lowest BCUT2D eigenvalue weighted by atomic mass is 9.89. The first-order valence-electron chi connectivity index (χ1n) is 8.35. The zero-order valence-corrected chi connectivity index (χ0v) is 12.6. The van der Waals surface area contributed by atoms with E-state index in [2.05, 4.69) is 21.3 Å². The van der Waals surface area contributed by atoms with Crippen LogP contribution in [0.1, 0.15) is 32.1 Å². The molecule has 0 bridgehead atoms. The third kappa shape index (κ3) is 3.22. The van der Waals surface area contributed by atoms with Gasteiger partial charge in [-0.1, -0.05) is 6.07 Å². The molecule has 114 valence electrons. The molecule has 3 fully saturated rings. The second-order valence-corrected chi connectivity index (χ2v) is 7.01. The number of ether oxygens (including phenoxy) is 1. The van der Waals surface area contributed by atoms with E-state index in [1.165, 1.54) is 32.4 Å². The summed E-state index contributed by atoms with van der Waals surface area (Å²) in [6.45, 7) is 4.52. The van der Waals surface area contributed by atoms with Gasteiger partial charge in [-0.15, -0.1) is 0 Å². The summed E-state index contributed by atoms with van der Waals surface area (Å²) in [7, 11) is 0. The predicted octanol–water partition coefficient (Wildman–Crippen LogP) is 2.53. The van der Waals surface area contributed by atoms with Gasteiger partial charge < -0.3 is 15.0 Å². The van der Waals surface area contributed by atoms with Crippen molar-refractivity contribution >= 4 is 5.82 Å². The third-order valence-electron chi connectivity index (χ3n) is 5.12. The molecular weight excluding hydrogens is 262 g/mol. The van der Waals surface area contributed by atoms with Gasteiger partial charge in [-0.05, 0) is 50.2 Å². The molecule has 1 aliphatic carbocycles. The molecule has 0 unspecified atom stereocenters. The Kier molecular flexibility index (Phi) is 3.59. The van der Waals surface area contributed by atoms with Gasteiger partial charge in [0.25, 0.3) is 0 Å². The van der Waals surface area contributed by atoms with Crippen LogP contribution in [0, 0.1) is 5.92 Å². The topological polar surface area (TPSA) is 37.4 Å². The first kappa shape index (κ1) is 13.5. The van der Waals surface area contributed by atoms with Gasteiger partial charge in [0.15, 0.2) is 0 Å². The maximum Gasteiger partial charge on any atom is 0.126 e. The quantitative estimate of drug-likeness (QED) is 0.923. The van der Waals surface area contributed by atoms with E-state index < -0.39 is 0 Å². The van der Waals surface area contributed by atoms with E-state index in [9.17, 15) is 0 Å². The maximum absolute atomic E-state index is 6.22. The molecule has 1 aromatic heterocycles. The molecule has 3 aliphatic rings. The minimum absolute atomic E-state index is 0.0968. The van der Waals surface area contributed by atoms with E-state index in [-0.39, 0.29) is 5.60 Å². The average Bonchev–Trinajstić information content (AvgIpc) is 3.23. The van der Waals surface area contributed by atoms with Crippen LogP contribution in [0.2, 0.25) is 0 Å². The monoisotopic (exact) mass is 287 g/mol. The van der Waals surface area contributed by atoms with E-state index in [0.717, 1.165) is 37.7 Å². The molecule has 21 heavy (non-hydrogen) atoms. The highest BCUT2D eigenvalue weighted by Gasteiger charge is 2.44. The maximum atomic E-state index is 6.22. The normalized spacial score (nSPS) is 33.4. The van der Waals surface area contributed by atoms with Crippen LogP contribution in [0.5, 0.6) is 0 Å². The zero-order chi connectivity index (χ0) is 14.1. The number of hydrogen-bond donors (Lipinski definition) is 1. The number of anilines is 1. The van der Waals surface area contributed by atoms with Crippen LogP contribution in [0.4, 0.5) is 5.82 Å². The largest absolute Gasteiger partial charge is 0.373 e. The van der Waals surface area contributed by atoms with Crippen molar-refractivity contribution in [3.05, 3.63) is 24.4 Å². The van der Waals surface area contributed by atoms with Crippen molar-refractivity contribution in [2.24, 2.45) is 5.92 Å². The Morgan fingerprint density at radius 2 is 2.29 bits per heavy atom. The smallest absolute Gasteiger partial charge is 0.126 e. The predicted molar refractivity (Wildman–Crippen MR) is 83.3 cm³/mol. The molecular formula is C17H25N3O. The molecule has 0 aromatic carbocycles. The summed E-state index contributed by atoms with van der Waals surface area (Å²) in [4.78, 5) is 7.01. The van der Waals surface area contributed by atoms with Crippen molar-refractivity contribution in [1.82, 2.24) is 9.88 Å². The second-order valence-electron chi connectivity index (χ2n) is 7.01. The van der Waals surface area contributed by atoms with E-state index >= 15 is 0 Å². The highest BCUT2D eigenvalue weighted by molar-refractivity contribution is 5.34. The number of rotatable bonds is 4. The summed E-state index contributed by atoms with van der Waals surface area (Å²) in [5.41, 5.74) is 0.0968. The minimum atomic E-state index is 0.0968. The molecule has 2 saturated heterocycles. The van der Waals surface area contributed by atoms with Gasteiger partial charge in [-0.2, -0.15) is 0 Å². The Hall–Kier alpha value is -1.13. The van der Waals surface area contributed by atoms with Crippen LogP contribution in [0.3, 0.4) is 0 Å². The standard InChI is InChI=1S/C17H25N3O/c1-2-8-18-16(3-1)19-15-6-10-21-17(11-15)7-9-20(13-17)12-14-4-5-14/h1-3,8,14-15H,4-7,9-13H2,(H,18,19)/t15-,17+/m1/s1. The van der Waals surface area contributed by atoms with Gasteiger partial charge in [0, 0.05) is 38.5 Å². The highest BCUT2D eigenvalue weighted by Crippen LogP contribution is 2.37. The van der Waals surface area contributed by atoms with Crippen LogP contribution >= 0.6 is 0 Å². The second kappa shape index (κ2) is 5.58. The molecule has 4 heteroatoms. The number of likely N-dealkylation sites (tertiary alicyclic amines) is 1. The summed E-state index contributed by atoms with van der Waals surface area (Å²) in [6.07, 6.45) is 8.12. The molecule has 1 aromatic rings. The Labute approximate surface area is 126 Å². The third-order valence-corrected chi connectivity index (χ3v) is 5.12. The van der Waals surface area contributed by atoms with Crippen molar-refractivity contribution < 1.29 is 4.74 Å². The number of nitrogens with one attached hydrogen (secondary N) is 1. The van der Waals surface area contributed by atoms with Crippen molar-refractivity contribution in [2.75, 3.05) is 31.6 Å². The van der Waals surface area contributed by atoms with Crippen LogP contribution < -0.4 is 5.32 Å². The van der Waals surface area contributed by atoms with Crippen molar-refractivity contribution in [1.29, 1.82) is 0 Å². The van der Waals surface area contributed by atoms with Gasteiger partial charge in [0.2, 0.25) is 0 Å². The van der Waals surface area contributed by atoms with Crippen LogP contribution in [-0.4, -0.2) is 47.8 Å². The number of aromatic nitrogens is 1. The van der Waals surface area contributed by atoms with Crippen molar-refractivity contribution in [3.8, 4) is 0 Å². The van der Waals surface area contributed by atoms with Gasteiger partial charge in [0.1, 0.15) is 5.82 Å². The summed E-state index contributed by atoms with van der Waals surface area (Å²) in [5.74, 6) is 1.97. The first-order valence-corrected chi connectivity index (χ1v) is 8.35. The van der Waals surface area contributed by atoms with Crippen LogP contribution in [-0.2, 0) is 4.74 Å². The van der Waals surface area contributed by atoms with Crippen molar-refractivity contribution in [3.63, 3.8) is 0 Å².